The second-order valence-electron chi connectivity index (χ2n) is 4.97. The highest BCUT2D eigenvalue weighted by atomic mass is 32.2. The fourth-order valence-electron chi connectivity index (χ4n) is 2.38. The quantitative estimate of drug-likeness (QED) is 0.458. The number of ether oxygens (including phenoxy) is 1. The van der Waals surface area contributed by atoms with Crippen LogP contribution in [0, 0.1) is 10.1 Å². The molecule has 120 valence electrons. The van der Waals surface area contributed by atoms with Crippen molar-refractivity contribution >= 4 is 21.7 Å². The van der Waals surface area contributed by atoms with Gasteiger partial charge in [0.1, 0.15) is 6.61 Å². The second kappa shape index (κ2) is 6.41. The van der Waals surface area contributed by atoms with Gasteiger partial charge in [0.2, 0.25) is 10.0 Å². The minimum Gasteiger partial charge on any atom is -0.464 e. The summed E-state index contributed by atoms with van der Waals surface area (Å²) >= 11 is 0. The molecule has 0 saturated carbocycles. The van der Waals surface area contributed by atoms with Crippen LogP contribution in [-0.2, 0) is 19.6 Å². The van der Waals surface area contributed by atoms with Gasteiger partial charge in [-0.3, -0.25) is 14.9 Å². The van der Waals surface area contributed by atoms with E-state index in [2.05, 4.69) is 0 Å². The summed E-state index contributed by atoms with van der Waals surface area (Å²) in [5.74, 6) is -0.459. The van der Waals surface area contributed by atoms with E-state index in [0.29, 0.717) is 19.4 Å². The maximum absolute atomic E-state index is 12.6. The fraction of sp³-hybridized carbons (Fsp3) is 0.462. The van der Waals surface area contributed by atoms with Crippen LogP contribution in [0.1, 0.15) is 19.8 Å². The highest BCUT2D eigenvalue weighted by Gasteiger charge is 2.36. The van der Waals surface area contributed by atoms with Crippen molar-refractivity contribution in [2.45, 2.75) is 30.7 Å². The Hall–Kier alpha value is -2.00. The molecule has 1 atom stereocenters. The molecule has 0 bridgehead atoms. The lowest BCUT2D eigenvalue weighted by atomic mass is 10.2. The van der Waals surface area contributed by atoms with Crippen molar-refractivity contribution in [2.75, 3.05) is 13.2 Å². The highest BCUT2D eigenvalue weighted by molar-refractivity contribution is 7.89. The smallest absolute Gasteiger partial charge is 0.302 e. The van der Waals surface area contributed by atoms with Gasteiger partial charge in [0.05, 0.1) is 15.9 Å². The molecule has 0 N–H and O–H groups in total. The second-order valence-corrected chi connectivity index (χ2v) is 6.86. The van der Waals surface area contributed by atoms with Crippen LogP contribution in [0.25, 0.3) is 0 Å². The molecule has 1 aliphatic heterocycles. The molecule has 1 saturated heterocycles. The predicted octanol–water partition coefficient (Wildman–Crippen LogP) is 1.31. The lowest BCUT2D eigenvalue weighted by Gasteiger charge is -2.23. The maximum Gasteiger partial charge on any atom is 0.302 e. The molecule has 1 aromatic carbocycles. The highest BCUT2D eigenvalue weighted by Crippen LogP contribution is 2.27. The molecule has 0 aromatic heterocycles. The minimum atomic E-state index is -3.76. The SMILES string of the molecule is CC(=O)OCC1CCCN1S(=O)(=O)c1ccc([N+](=O)[O-])cc1. The number of nitro groups is 1. The van der Waals surface area contributed by atoms with Crippen LogP contribution in [0.4, 0.5) is 5.69 Å². The Labute approximate surface area is 127 Å². The Morgan fingerprint density at radius 1 is 1.41 bits per heavy atom. The van der Waals surface area contributed by atoms with Crippen LogP contribution in [0.3, 0.4) is 0 Å². The zero-order chi connectivity index (χ0) is 16.3. The van der Waals surface area contributed by atoms with Crippen LogP contribution in [0.5, 0.6) is 0 Å². The molecule has 0 radical (unpaired) electrons. The molecule has 1 aromatic rings. The molecule has 1 aliphatic rings. The average Bonchev–Trinajstić information content (AvgIpc) is 2.94. The first-order valence-electron chi connectivity index (χ1n) is 6.72. The Morgan fingerprint density at radius 2 is 2.05 bits per heavy atom. The van der Waals surface area contributed by atoms with E-state index in [4.69, 9.17) is 4.74 Å². The van der Waals surface area contributed by atoms with Crippen LogP contribution < -0.4 is 0 Å². The molecular formula is C13H16N2O6S. The van der Waals surface area contributed by atoms with E-state index in [1.54, 1.807) is 0 Å². The summed E-state index contributed by atoms with van der Waals surface area (Å²) in [6, 6.07) is 4.35. The first-order chi connectivity index (χ1) is 10.3. The van der Waals surface area contributed by atoms with Crippen molar-refractivity contribution in [1.29, 1.82) is 0 Å². The van der Waals surface area contributed by atoms with Gasteiger partial charge in [-0.1, -0.05) is 0 Å². The summed E-state index contributed by atoms with van der Waals surface area (Å²) in [6.07, 6.45) is 1.29. The molecular weight excluding hydrogens is 312 g/mol. The van der Waals surface area contributed by atoms with Crippen molar-refractivity contribution in [3.05, 3.63) is 34.4 Å². The van der Waals surface area contributed by atoms with Crippen molar-refractivity contribution < 1.29 is 22.9 Å². The monoisotopic (exact) mass is 328 g/mol. The number of carbonyl (C=O) groups excluding carboxylic acids is 1. The summed E-state index contributed by atoms with van der Waals surface area (Å²) in [5.41, 5.74) is -0.170. The molecule has 0 spiro atoms. The summed E-state index contributed by atoms with van der Waals surface area (Å²) in [7, 11) is -3.76. The number of nitrogens with zero attached hydrogens (tertiary/aromatic N) is 2. The zero-order valence-corrected chi connectivity index (χ0v) is 12.8. The van der Waals surface area contributed by atoms with Crippen LogP contribution in [-0.4, -0.2) is 42.8 Å². The topological polar surface area (TPSA) is 107 Å². The van der Waals surface area contributed by atoms with Gasteiger partial charge in [0.15, 0.2) is 0 Å². The molecule has 1 fully saturated rings. The van der Waals surface area contributed by atoms with Gasteiger partial charge >= 0.3 is 5.97 Å². The summed E-state index contributed by atoms with van der Waals surface area (Å²) in [6.45, 7) is 1.62. The van der Waals surface area contributed by atoms with Gasteiger partial charge in [0.25, 0.3) is 5.69 Å². The molecule has 8 nitrogen and oxygen atoms in total. The first kappa shape index (κ1) is 16.4. The molecule has 1 unspecified atom stereocenters. The molecule has 22 heavy (non-hydrogen) atoms. The maximum atomic E-state index is 12.6. The van der Waals surface area contributed by atoms with E-state index in [1.165, 1.54) is 23.4 Å². The summed E-state index contributed by atoms with van der Waals surface area (Å²) < 4.78 is 31.4. The molecule has 1 heterocycles. The minimum absolute atomic E-state index is 0.00664. The molecule has 0 amide bonds. The molecule has 2 rings (SSSR count). The Morgan fingerprint density at radius 3 is 2.59 bits per heavy atom. The predicted molar refractivity (Wildman–Crippen MR) is 76.6 cm³/mol. The van der Waals surface area contributed by atoms with E-state index < -0.39 is 27.0 Å². The van der Waals surface area contributed by atoms with Gasteiger partial charge in [-0.2, -0.15) is 4.31 Å². The number of esters is 1. The first-order valence-corrected chi connectivity index (χ1v) is 8.16. The number of benzene rings is 1. The number of non-ortho nitro benzene ring substituents is 1. The Kier molecular flexibility index (Phi) is 4.77. The Bertz CT molecular complexity index is 670. The van der Waals surface area contributed by atoms with Gasteiger partial charge in [-0.25, -0.2) is 8.42 Å². The number of carbonyl (C=O) groups is 1. The number of hydrogen-bond acceptors (Lipinski definition) is 6. The summed E-state index contributed by atoms with van der Waals surface area (Å²) in [4.78, 5) is 20.9. The van der Waals surface area contributed by atoms with E-state index >= 15 is 0 Å². The van der Waals surface area contributed by atoms with Gasteiger partial charge in [0, 0.05) is 25.6 Å². The van der Waals surface area contributed by atoms with Gasteiger partial charge in [-0.05, 0) is 25.0 Å². The van der Waals surface area contributed by atoms with E-state index in [9.17, 15) is 23.3 Å². The fourth-order valence-corrected chi connectivity index (χ4v) is 4.06. The van der Waals surface area contributed by atoms with Crippen molar-refractivity contribution in [3.8, 4) is 0 Å². The van der Waals surface area contributed by atoms with Crippen LogP contribution in [0.15, 0.2) is 29.2 Å². The Balaban J connectivity index is 2.21. The third-order valence-corrected chi connectivity index (χ3v) is 5.42. The lowest BCUT2D eigenvalue weighted by Crippen LogP contribution is -2.38. The van der Waals surface area contributed by atoms with E-state index in [1.807, 2.05) is 0 Å². The number of rotatable bonds is 5. The number of sulfonamides is 1. The number of nitro benzene ring substituents is 1. The van der Waals surface area contributed by atoms with Crippen LogP contribution in [0.2, 0.25) is 0 Å². The van der Waals surface area contributed by atoms with E-state index in [0.717, 1.165) is 12.1 Å². The largest absolute Gasteiger partial charge is 0.464 e. The number of hydrogen-bond donors (Lipinski definition) is 0. The lowest BCUT2D eigenvalue weighted by molar-refractivity contribution is -0.384. The van der Waals surface area contributed by atoms with Gasteiger partial charge < -0.3 is 4.74 Å². The third-order valence-electron chi connectivity index (χ3n) is 3.46. The standard InChI is InChI=1S/C13H16N2O6S/c1-10(16)21-9-12-3-2-8-14(12)22(19,20)13-6-4-11(5-7-13)15(17)18/h4-7,12H,2-3,8-9H2,1H3. The summed E-state index contributed by atoms with van der Waals surface area (Å²) in [5, 5.41) is 10.6. The van der Waals surface area contributed by atoms with Crippen molar-refractivity contribution in [2.24, 2.45) is 0 Å². The van der Waals surface area contributed by atoms with Gasteiger partial charge in [-0.15, -0.1) is 0 Å². The molecule has 9 heteroatoms. The van der Waals surface area contributed by atoms with Crippen molar-refractivity contribution in [1.82, 2.24) is 4.31 Å². The third kappa shape index (κ3) is 3.42. The normalized spacial score (nSPS) is 19.0. The van der Waals surface area contributed by atoms with E-state index in [-0.39, 0.29) is 17.2 Å². The zero-order valence-electron chi connectivity index (χ0n) is 12.0. The van der Waals surface area contributed by atoms with Crippen molar-refractivity contribution in [3.63, 3.8) is 0 Å². The molecule has 0 aliphatic carbocycles. The average molecular weight is 328 g/mol. The van der Waals surface area contributed by atoms with Crippen LogP contribution >= 0.6 is 0 Å².